The smallest absolute Gasteiger partial charge is 0.351 e. The molecule has 0 fully saturated rings. The lowest BCUT2D eigenvalue weighted by molar-refractivity contribution is -0.181. The molecule has 0 aliphatic carbocycles. The van der Waals surface area contributed by atoms with Crippen molar-refractivity contribution < 1.29 is 24.2 Å². The molecule has 1 N–H and O–H groups in total. The highest BCUT2D eigenvalue weighted by molar-refractivity contribution is 6.07. The SMILES string of the molecule is CCCCCC(=O)C(O)(C(=O)OC(C)(C)C)c1cccc(OC)c1. The van der Waals surface area contributed by atoms with Gasteiger partial charge in [0.1, 0.15) is 11.4 Å². The first kappa shape index (κ1) is 20.2. The average Bonchev–Trinajstić information content (AvgIpc) is 2.52. The summed E-state index contributed by atoms with van der Waals surface area (Å²) in [6.07, 6.45) is 2.52. The van der Waals surface area contributed by atoms with Gasteiger partial charge in [-0.25, -0.2) is 4.79 Å². The van der Waals surface area contributed by atoms with Gasteiger partial charge in [0.25, 0.3) is 0 Å². The topological polar surface area (TPSA) is 72.8 Å². The van der Waals surface area contributed by atoms with Crippen LogP contribution in [0, 0.1) is 0 Å². The molecule has 0 aliphatic heterocycles. The maximum Gasteiger partial charge on any atom is 0.351 e. The number of methoxy groups -OCH3 is 1. The Bertz CT molecular complexity index is 573. The zero-order valence-corrected chi connectivity index (χ0v) is 15.2. The number of ether oxygens (including phenoxy) is 2. The molecular formula is C19H28O5. The standard InChI is InChI=1S/C19H28O5/c1-6-7-8-12-16(20)19(22,17(21)24-18(2,3)4)14-10-9-11-15(13-14)23-5/h9-11,13,22H,6-8,12H2,1-5H3. The highest BCUT2D eigenvalue weighted by Crippen LogP contribution is 2.30. The van der Waals surface area contributed by atoms with Crippen molar-refractivity contribution in [3.63, 3.8) is 0 Å². The molecule has 1 aromatic rings. The Morgan fingerprint density at radius 2 is 1.83 bits per heavy atom. The second-order valence-electron chi connectivity index (χ2n) is 6.82. The lowest BCUT2D eigenvalue weighted by Crippen LogP contribution is -2.47. The van der Waals surface area contributed by atoms with Crippen molar-refractivity contribution in [3.8, 4) is 5.75 Å². The Hall–Kier alpha value is -1.88. The van der Waals surface area contributed by atoms with E-state index in [1.54, 1.807) is 32.9 Å². The maximum atomic E-state index is 12.7. The lowest BCUT2D eigenvalue weighted by atomic mass is 9.86. The largest absolute Gasteiger partial charge is 0.497 e. The quantitative estimate of drug-likeness (QED) is 0.447. The van der Waals surface area contributed by atoms with Gasteiger partial charge in [-0.3, -0.25) is 4.79 Å². The molecule has 0 saturated heterocycles. The van der Waals surface area contributed by atoms with Crippen molar-refractivity contribution in [3.05, 3.63) is 29.8 Å². The van der Waals surface area contributed by atoms with Gasteiger partial charge in [-0.1, -0.05) is 31.9 Å². The molecule has 1 aromatic carbocycles. The van der Waals surface area contributed by atoms with Gasteiger partial charge in [-0.2, -0.15) is 0 Å². The Balaban J connectivity index is 3.23. The summed E-state index contributed by atoms with van der Waals surface area (Å²) < 4.78 is 10.4. The van der Waals surface area contributed by atoms with Crippen LogP contribution in [-0.2, 0) is 19.9 Å². The van der Waals surface area contributed by atoms with Gasteiger partial charge in [0.15, 0.2) is 5.78 Å². The van der Waals surface area contributed by atoms with E-state index in [1.165, 1.54) is 19.2 Å². The molecule has 0 radical (unpaired) electrons. The normalized spacial score (nSPS) is 13.9. The van der Waals surface area contributed by atoms with E-state index in [2.05, 4.69) is 0 Å². The molecule has 5 nitrogen and oxygen atoms in total. The predicted octanol–water partition coefficient (Wildman–Crippen LogP) is 3.37. The Morgan fingerprint density at radius 3 is 2.38 bits per heavy atom. The molecule has 0 spiro atoms. The third kappa shape index (κ3) is 5.06. The Morgan fingerprint density at radius 1 is 1.17 bits per heavy atom. The first-order chi connectivity index (χ1) is 11.1. The third-order valence-electron chi connectivity index (χ3n) is 3.59. The number of carbonyl (C=O) groups excluding carboxylic acids is 2. The summed E-state index contributed by atoms with van der Waals surface area (Å²) in [5, 5.41) is 11.0. The van der Waals surface area contributed by atoms with Gasteiger partial charge in [0.2, 0.25) is 5.60 Å². The van der Waals surface area contributed by atoms with Crippen LogP contribution in [-0.4, -0.2) is 29.6 Å². The first-order valence-electron chi connectivity index (χ1n) is 8.28. The molecule has 0 heterocycles. The van der Waals surface area contributed by atoms with E-state index < -0.39 is 23.0 Å². The predicted molar refractivity (Wildman–Crippen MR) is 91.9 cm³/mol. The lowest BCUT2D eigenvalue weighted by Gasteiger charge is -2.29. The number of Topliss-reactive ketones (excluding diaryl/α,β-unsaturated/α-hetero) is 1. The number of unbranched alkanes of at least 4 members (excludes halogenated alkanes) is 2. The van der Waals surface area contributed by atoms with Crippen molar-refractivity contribution in [1.29, 1.82) is 0 Å². The highest BCUT2D eigenvalue weighted by atomic mass is 16.6. The van der Waals surface area contributed by atoms with Crippen LogP contribution in [0.5, 0.6) is 5.75 Å². The fourth-order valence-corrected chi connectivity index (χ4v) is 2.31. The van der Waals surface area contributed by atoms with Gasteiger partial charge in [0.05, 0.1) is 7.11 Å². The zero-order chi connectivity index (χ0) is 18.4. The van der Waals surface area contributed by atoms with E-state index >= 15 is 0 Å². The molecule has 1 atom stereocenters. The molecule has 24 heavy (non-hydrogen) atoms. The van der Waals surface area contributed by atoms with Crippen LogP contribution in [0.2, 0.25) is 0 Å². The first-order valence-corrected chi connectivity index (χ1v) is 8.28. The molecule has 1 rings (SSSR count). The molecule has 0 aromatic heterocycles. The summed E-state index contributed by atoms with van der Waals surface area (Å²) in [5.41, 5.74) is -2.97. The fraction of sp³-hybridized carbons (Fsp3) is 0.579. The summed E-state index contributed by atoms with van der Waals surface area (Å²) in [6, 6.07) is 6.33. The minimum atomic E-state index is -2.32. The number of aliphatic hydroxyl groups is 1. The molecule has 0 bridgehead atoms. The van der Waals surface area contributed by atoms with Crippen LogP contribution < -0.4 is 4.74 Å². The minimum Gasteiger partial charge on any atom is -0.497 e. The number of carbonyl (C=O) groups is 2. The molecular weight excluding hydrogens is 308 g/mol. The molecule has 5 heteroatoms. The summed E-state index contributed by atoms with van der Waals surface area (Å²) in [4.78, 5) is 25.3. The number of esters is 1. The van der Waals surface area contributed by atoms with Gasteiger partial charge in [-0.05, 0) is 39.3 Å². The number of hydrogen-bond acceptors (Lipinski definition) is 5. The number of benzene rings is 1. The van der Waals surface area contributed by atoms with E-state index in [9.17, 15) is 14.7 Å². The van der Waals surface area contributed by atoms with E-state index in [0.29, 0.717) is 12.2 Å². The summed E-state index contributed by atoms with van der Waals surface area (Å²) in [7, 11) is 1.48. The van der Waals surface area contributed by atoms with Crippen molar-refractivity contribution >= 4 is 11.8 Å². The minimum absolute atomic E-state index is 0.112. The van der Waals surface area contributed by atoms with E-state index in [0.717, 1.165) is 12.8 Å². The molecule has 1 unspecified atom stereocenters. The highest BCUT2D eigenvalue weighted by Gasteiger charge is 2.48. The summed E-state index contributed by atoms with van der Waals surface area (Å²) in [5.74, 6) is -1.06. The van der Waals surface area contributed by atoms with Gasteiger partial charge in [-0.15, -0.1) is 0 Å². The Kier molecular flexibility index (Phi) is 6.96. The average molecular weight is 336 g/mol. The van der Waals surface area contributed by atoms with Crippen LogP contribution in [0.15, 0.2) is 24.3 Å². The maximum absolute atomic E-state index is 12.7. The molecule has 134 valence electrons. The van der Waals surface area contributed by atoms with Crippen molar-refractivity contribution in [2.75, 3.05) is 7.11 Å². The van der Waals surface area contributed by atoms with E-state index in [4.69, 9.17) is 9.47 Å². The van der Waals surface area contributed by atoms with Crippen LogP contribution in [0.1, 0.15) is 58.9 Å². The van der Waals surface area contributed by atoms with Crippen LogP contribution in [0.4, 0.5) is 0 Å². The molecule has 0 aliphatic rings. The van der Waals surface area contributed by atoms with E-state index in [-0.39, 0.29) is 12.0 Å². The fourth-order valence-electron chi connectivity index (χ4n) is 2.31. The second kappa shape index (κ2) is 8.29. The number of ketones is 1. The Labute approximate surface area is 144 Å². The molecule has 0 saturated carbocycles. The van der Waals surface area contributed by atoms with E-state index in [1.807, 2.05) is 6.92 Å². The number of hydrogen-bond donors (Lipinski definition) is 1. The van der Waals surface area contributed by atoms with Gasteiger partial charge < -0.3 is 14.6 Å². The number of rotatable bonds is 8. The summed E-state index contributed by atoms with van der Waals surface area (Å²) in [6.45, 7) is 7.10. The van der Waals surface area contributed by atoms with Crippen LogP contribution in [0.25, 0.3) is 0 Å². The van der Waals surface area contributed by atoms with Crippen LogP contribution >= 0.6 is 0 Å². The van der Waals surface area contributed by atoms with Crippen LogP contribution in [0.3, 0.4) is 0 Å². The summed E-state index contributed by atoms with van der Waals surface area (Å²) >= 11 is 0. The van der Waals surface area contributed by atoms with Gasteiger partial charge >= 0.3 is 5.97 Å². The van der Waals surface area contributed by atoms with Crippen molar-refractivity contribution in [2.24, 2.45) is 0 Å². The monoisotopic (exact) mass is 336 g/mol. The van der Waals surface area contributed by atoms with Crippen molar-refractivity contribution in [1.82, 2.24) is 0 Å². The molecule has 0 amide bonds. The van der Waals surface area contributed by atoms with Crippen molar-refractivity contribution in [2.45, 2.75) is 64.6 Å². The second-order valence-corrected chi connectivity index (χ2v) is 6.82. The zero-order valence-electron chi connectivity index (χ0n) is 15.2. The third-order valence-corrected chi connectivity index (χ3v) is 3.59. The van der Waals surface area contributed by atoms with Gasteiger partial charge in [0, 0.05) is 12.0 Å².